The standard InChI is InChI=1S/C12H17BrN2OS/c13-11-5-4-9(17-11)6-8-15-12(16)10-3-1-2-7-14-10/h4-5,10,14H,1-3,6-8H2,(H,15,16). The Labute approximate surface area is 114 Å². The third-order valence-electron chi connectivity index (χ3n) is 2.93. The highest BCUT2D eigenvalue weighted by atomic mass is 79.9. The van der Waals surface area contributed by atoms with Gasteiger partial charge in [-0.3, -0.25) is 4.79 Å². The second kappa shape index (κ2) is 6.52. The Kier molecular flexibility index (Phi) is 5.00. The highest BCUT2D eigenvalue weighted by Crippen LogP contribution is 2.22. The maximum Gasteiger partial charge on any atom is 0.237 e. The number of hydrogen-bond acceptors (Lipinski definition) is 3. The third kappa shape index (κ3) is 4.08. The number of carbonyl (C=O) groups is 1. The lowest BCUT2D eigenvalue weighted by Crippen LogP contribution is -2.47. The highest BCUT2D eigenvalue weighted by molar-refractivity contribution is 9.11. The predicted octanol–water partition coefficient (Wildman–Crippen LogP) is 2.31. The highest BCUT2D eigenvalue weighted by Gasteiger charge is 2.19. The molecule has 2 rings (SSSR count). The van der Waals surface area contributed by atoms with E-state index in [4.69, 9.17) is 0 Å². The van der Waals surface area contributed by atoms with Crippen molar-refractivity contribution in [3.63, 3.8) is 0 Å². The molecule has 1 aromatic rings. The van der Waals surface area contributed by atoms with Gasteiger partial charge in [-0.05, 0) is 53.9 Å². The maximum absolute atomic E-state index is 11.8. The summed E-state index contributed by atoms with van der Waals surface area (Å²) in [6.45, 7) is 1.69. The summed E-state index contributed by atoms with van der Waals surface area (Å²) in [4.78, 5) is 13.1. The van der Waals surface area contributed by atoms with Crippen molar-refractivity contribution >= 4 is 33.2 Å². The number of rotatable bonds is 4. The first kappa shape index (κ1) is 13.1. The second-order valence-electron chi connectivity index (χ2n) is 4.25. The molecule has 0 aliphatic carbocycles. The van der Waals surface area contributed by atoms with Crippen LogP contribution in [0, 0.1) is 0 Å². The van der Waals surface area contributed by atoms with E-state index in [2.05, 4.69) is 32.6 Å². The van der Waals surface area contributed by atoms with Crippen molar-refractivity contribution in [1.82, 2.24) is 10.6 Å². The molecule has 1 saturated heterocycles. The molecule has 1 aromatic heterocycles. The molecule has 0 bridgehead atoms. The lowest BCUT2D eigenvalue weighted by molar-refractivity contribution is -0.123. The minimum Gasteiger partial charge on any atom is -0.354 e. The van der Waals surface area contributed by atoms with Gasteiger partial charge < -0.3 is 10.6 Å². The van der Waals surface area contributed by atoms with Crippen LogP contribution in [0.15, 0.2) is 15.9 Å². The van der Waals surface area contributed by atoms with Crippen molar-refractivity contribution < 1.29 is 4.79 Å². The van der Waals surface area contributed by atoms with E-state index in [1.54, 1.807) is 11.3 Å². The summed E-state index contributed by atoms with van der Waals surface area (Å²) in [6.07, 6.45) is 4.22. The van der Waals surface area contributed by atoms with Gasteiger partial charge in [0.2, 0.25) is 5.91 Å². The van der Waals surface area contributed by atoms with Gasteiger partial charge in [-0.15, -0.1) is 11.3 Å². The summed E-state index contributed by atoms with van der Waals surface area (Å²) in [5, 5.41) is 6.25. The van der Waals surface area contributed by atoms with Gasteiger partial charge in [-0.2, -0.15) is 0 Å². The molecule has 1 unspecified atom stereocenters. The van der Waals surface area contributed by atoms with Crippen LogP contribution in [0.3, 0.4) is 0 Å². The fourth-order valence-corrected chi connectivity index (χ4v) is 3.48. The Morgan fingerprint density at radius 1 is 1.53 bits per heavy atom. The Bertz CT molecular complexity index is 374. The molecule has 3 nitrogen and oxygen atoms in total. The molecule has 2 N–H and O–H groups in total. The SMILES string of the molecule is O=C(NCCc1ccc(Br)s1)C1CCCCN1. The number of thiophene rings is 1. The number of hydrogen-bond donors (Lipinski definition) is 2. The van der Waals surface area contributed by atoms with Gasteiger partial charge in [-0.1, -0.05) is 6.42 Å². The molecule has 1 aliphatic rings. The Balaban J connectivity index is 1.69. The van der Waals surface area contributed by atoms with Crippen LogP contribution in [-0.4, -0.2) is 25.0 Å². The first-order chi connectivity index (χ1) is 8.25. The molecule has 1 amide bonds. The molecule has 0 spiro atoms. The molecule has 2 heterocycles. The summed E-state index contributed by atoms with van der Waals surface area (Å²) in [7, 11) is 0. The molecular formula is C12H17BrN2OS. The van der Waals surface area contributed by atoms with Gasteiger partial charge in [0.15, 0.2) is 0 Å². The molecule has 1 atom stereocenters. The summed E-state index contributed by atoms with van der Waals surface area (Å²) in [6, 6.07) is 4.17. The van der Waals surface area contributed by atoms with Crippen molar-refractivity contribution in [2.45, 2.75) is 31.7 Å². The van der Waals surface area contributed by atoms with Crippen LogP contribution >= 0.6 is 27.3 Å². The van der Waals surface area contributed by atoms with E-state index < -0.39 is 0 Å². The molecule has 5 heteroatoms. The quantitative estimate of drug-likeness (QED) is 0.895. The van der Waals surface area contributed by atoms with Gasteiger partial charge in [0.25, 0.3) is 0 Å². The Morgan fingerprint density at radius 2 is 2.41 bits per heavy atom. The fourth-order valence-electron chi connectivity index (χ4n) is 1.99. The zero-order chi connectivity index (χ0) is 12.1. The number of nitrogens with one attached hydrogen (secondary N) is 2. The van der Waals surface area contributed by atoms with E-state index in [1.165, 1.54) is 11.3 Å². The minimum atomic E-state index is 0.0267. The number of amides is 1. The number of piperidine rings is 1. The van der Waals surface area contributed by atoms with Crippen LogP contribution in [0.25, 0.3) is 0 Å². The zero-order valence-electron chi connectivity index (χ0n) is 9.67. The lowest BCUT2D eigenvalue weighted by atomic mass is 10.0. The smallest absolute Gasteiger partial charge is 0.237 e. The number of carbonyl (C=O) groups excluding carboxylic acids is 1. The normalized spacial score (nSPS) is 20.2. The van der Waals surface area contributed by atoms with Crippen LogP contribution in [0.4, 0.5) is 0 Å². The molecule has 0 saturated carbocycles. The average Bonchev–Trinajstić information content (AvgIpc) is 2.76. The van der Waals surface area contributed by atoms with Gasteiger partial charge in [0.05, 0.1) is 9.83 Å². The third-order valence-corrected chi connectivity index (χ3v) is 4.61. The van der Waals surface area contributed by atoms with Gasteiger partial charge in [0.1, 0.15) is 0 Å². The molecule has 1 aliphatic heterocycles. The van der Waals surface area contributed by atoms with Crippen LogP contribution in [0.1, 0.15) is 24.1 Å². The molecule has 94 valence electrons. The summed E-state index contributed by atoms with van der Waals surface area (Å²) < 4.78 is 1.15. The van der Waals surface area contributed by atoms with E-state index in [9.17, 15) is 4.79 Å². The topological polar surface area (TPSA) is 41.1 Å². The number of halogens is 1. The lowest BCUT2D eigenvalue weighted by Gasteiger charge is -2.22. The molecule has 0 aromatic carbocycles. The molecule has 17 heavy (non-hydrogen) atoms. The second-order valence-corrected chi connectivity index (χ2v) is 6.80. The van der Waals surface area contributed by atoms with E-state index in [-0.39, 0.29) is 11.9 Å². The minimum absolute atomic E-state index is 0.0267. The first-order valence-electron chi connectivity index (χ1n) is 6.01. The van der Waals surface area contributed by atoms with Crippen LogP contribution < -0.4 is 10.6 Å². The predicted molar refractivity (Wildman–Crippen MR) is 74.4 cm³/mol. The van der Waals surface area contributed by atoms with Crippen molar-refractivity contribution in [2.75, 3.05) is 13.1 Å². The average molecular weight is 317 g/mol. The molecule has 1 fully saturated rings. The van der Waals surface area contributed by atoms with Crippen molar-refractivity contribution in [1.29, 1.82) is 0 Å². The molecular weight excluding hydrogens is 300 g/mol. The van der Waals surface area contributed by atoms with Crippen molar-refractivity contribution in [3.8, 4) is 0 Å². The molecule has 0 radical (unpaired) electrons. The van der Waals surface area contributed by atoms with Crippen LogP contribution in [0.2, 0.25) is 0 Å². The van der Waals surface area contributed by atoms with E-state index in [1.807, 2.05) is 6.07 Å². The summed E-state index contributed by atoms with van der Waals surface area (Å²) >= 11 is 5.16. The zero-order valence-corrected chi connectivity index (χ0v) is 12.1. The van der Waals surface area contributed by atoms with E-state index in [0.29, 0.717) is 0 Å². The first-order valence-corrected chi connectivity index (χ1v) is 7.62. The van der Waals surface area contributed by atoms with Crippen molar-refractivity contribution in [3.05, 3.63) is 20.8 Å². The Hall–Kier alpha value is -0.390. The van der Waals surface area contributed by atoms with Crippen LogP contribution in [0.5, 0.6) is 0 Å². The van der Waals surface area contributed by atoms with Gasteiger partial charge >= 0.3 is 0 Å². The largest absolute Gasteiger partial charge is 0.354 e. The van der Waals surface area contributed by atoms with E-state index >= 15 is 0 Å². The van der Waals surface area contributed by atoms with Gasteiger partial charge in [-0.25, -0.2) is 0 Å². The maximum atomic E-state index is 11.8. The van der Waals surface area contributed by atoms with E-state index in [0.717, 1.165) is 36.1 Å². The van der Waals surface area contributed by atoms with Gasteiger partial charge in [0, 0.05) is 11.4 Å². The monoisotopic (exact) mass is 316 g/mol. The summed E-state index contributed by atoms with van der Waals surface area (Å²) in [5.74, 6) is 0.153. The van der Waals surface area contributed by atoms with Crippen molar-refractivity contribution in [2.24, 2.45) is 0 Å². The fraction of sp³-hybridized carbons (Fsp3) is 0.583. The van der Waals surface area contributed by atoms with Crippen LogP contribution in [-0.2, 0) is 11.2 Å². The Morgan fingerprint density at radius 3 is 3.06 bits per heavy atom. The summed E-state index contributed by atoms with van der Waals surface area (Å²) in [5.41, 5.74) is 0.